The third-order valence-corrected chi connectivity index (χ3v) is 9.94. The van der Waals surface area contributed by atoms with Crippen LogP contribution in [0.2, 0.25) is 10.0 Å². The lowest BCUT2D eigenvalue weighted by molar-refractivity contribution is -0.134. The first-order chi connectivity index (χ1) is 19.6. The van der Waals surface area contributed by atoms with Crippen LogP contribution in [0.15, 0.2) is 42.5 Å². The van der Waals surface area contributed by atoms with E-state index in [1.165, 1.54) is 0 Å². The van der Waals surface area contributed by atoms with Crippen LogP contribution < -0.4 is 10.2 Å². The van der Waals surface area contributed by atoms with Crippen LogP contribution >= 0.6 is 23.2 Å². The van der Waals surface area contributed by atoms with Gasteiger partial charge in [0.15, 0.2) is 11.2 Å². The molecule has 0 bridgehead atoms. The molecule has 2 aromatic carbocycles. The van der Waals surface area contributed by atoms with Gasteiger partial charge in [0.25, 0.3) is 11.8 Å². The summed E-state index contributed by atoms with van der Waals surface area (Å²) < 4.78 is 1.96. The average Bonchev–Trinajstić information content (AvgIpc) is 3.23. The molecule has 7 rings (SSSR count). The maximum Gasteiger partial charge on any atom is 0.280 e. The number of amides is 3. The zero-order valence-electron chi connectivity index (χ0n) is 23.2. The lowest BCUT2D eigenvalue weighted by atomic mass is 9.80. The van der Waals surface area contributed by atoms with Gasteiger partial charge in [0, 0.05) is 64.5 Å². The first-order valence-electron chi connectivity index (χ1n) is 14.1. The Kier molecular flexibility index (Phi) is 5.87. The highest BCUT2D eigenvalue weighted by molar-refractivity contribution is 6.32. The lowest BCUT2D eigenvalue weighted by Gasteiger charge is -2.36. The zero-order valence-corrected chi connectivity index (χ0v) is 24.7. The predicted octanol–water partition coefficient (Wildman–Crippen LogP) is 5.60. The molecule has 8 nitrogen and oxygen atoms in total. The molecule has 3 aromatic rings. The standard InChI is InChI=1S/C31H31Cl2N5O3/c1-30(12-13-30)26-24-25(35-37(26)16-17-6-4-9-21(17)27(39)36(2)3)28(40)38(20-8-5-7-18(32)14-20)31(24)22-11-10-19(33)15-23(22)34-29(31)41/h5,7-8,10-11,14-15,17,21H,4,6,9,12-13,16H2,1-3H3,(H,34,41). The number of fused-ring (bicyclic) bond motifs is 4. The third kappa shape index (κ3) is 3.73. The van der Waals surface area contributed by atoms with E-state index in [0.29, 0.717) is 39.1 Å². The molecule has 1 aromatic heterocycles. The van der Waals surface area contributed by atoms with Gasteiger partial charge in [-0.3, -0.25) is 24.0 Å². The largest absolute Gasteiger partial charge is 0.349 e. The normalized spacial score (nSPS) is 25.4. The number of hydrogen-bond acceptors (Lipinski definition) is 4. The Labute approximate surface area is 248 Å². The van der Waals surface area contributed by atoms with Gasteiger partial charge in [0.05, 0.1) is 5.69 Å². The van der Waals surface area contributed by atoms with E-state index in [1.54, 1.807) is 60.3 Å². The highest BCUT2D eigenvalue weighted by Gasteiger charge is 2.65. The Morgan fingerprint density at radius 2 is 1.85 bits per heavy atom. The maximum absolute atomic E-state index is 14.4. The number of halogens is 2. The van der Waals surface area contributed by atoms with Crippen LogP contribution in [0, 0.1) is 11.8 Å². The number of nitrogens with one attached hydrogen (secondary N) is 1. The fourth-order valence-corrected chi connectivity index (χ4v) is 7.65. The molecule has 2 fully saturated rings. The van der Waals surface area contributed by atoms with Crippen molar-refractivity contribution in [3.8, 4) is 0 Å². The number of carbonyl (C=O) groups is 3. The Morgan fingerprint density at radius 1 is 1.10 bits per heavy atom. The summed E-state index contributed by atoms with van der Waals surface area (Å²) in [4.78, 5) is 45.0. The summed E-state index contributed by atoms with van der Waals surface area (Å²) >= 11 is 12.7. The van der Waals surface area contributed by atoms with Crippen molar-refractivity contribution in [3.05, 3.63) is 75.0 Å². The van der Waals surface area contributed by atoms with Gasteiger partial charge in [-0.1, -0.05) is 48.7 Å². The van der Waals surface area contributed by atoms with Crippen LogP contribution in [0.3, 0.4) is 0 Å². The molecule has 2 aliphatic heterocycles. The third-order valence-electron chi connectivity index (χ3n) is 9.47. The minimum Gasteiger partial charge on any atom is -0.349 e. The molecule has 3 amide bonds. The number of anilines is 2. The minimum atomic E-state index is -1.47. The summed E-state index contributed by atoms with van der Waals surface area (Å²) in [6.45, 7) is 2.70. The summed E-state index contributed by atoms with van der Waals surface area (Å²) in [6, 6.07) is 12.3. The van der Waals surface area contributed by atoms with Gasteiger partial charge >= 0.3 is 0 Å². The smallest absolute Gasteiger partial charge is 0.280 e. The van der Waals surface area contributed by atoms with E-state index in [9.17, 15) is 14.4 Å². The van der Waals surface area contributed by atoms with Crippen LogP contribution in [-0.2, 0) is 27.1 Å². The molecule has 2 aliphatic carbocycles. The molecule has 2 saturated carbocycles. The summed E-state index contributed by atoms with van der Waals surface area (Å²) in [5.74, 6) is -0.531. The van der Waals surface area contributed by atoms with Crippen molar-refractivity contribution in [2.45, 2.75) is 56.5 Å². The van der Waals surface area contributed by atoms with E-state index in [1.807, 2.05) is 10.7 Å². The monoisotopic (exact) mass is 591 g/mol. The molecule has 3 atom stereocenters. The molecule has 10 heteroatoms. The Bertz CT molecular complexity index is 1640. The first-order valence-corrected chi connectivity index (χ1v) is 14.9. The van der Waals surface area contributed by atoms with E-state index in [4.69, 9.17) is 28.3 Å². The van der Waals surface area contributed by atoms with E-state index in [0.717, 1.165) is 37.8 Å². The molecule has 0 saturated heterocycles. The molecule has 3 heterocycles. The SMILES string of the molecule is CN(C)C(=O)C1CCCC1Cn1nc2c(c1C1(C)CC1)C1(C(=O)Nc3cc(Cl)ccc31)N(c1cccc(Cl)c1)C2=O. The van der Waals surface area contributed by atoms with Crippen molar-refractivity contribution < 1.29 is 14.4 Å². The van der Waals surface area contributed by atoms with Crippen LogP contribution in [0.4, 0.5) is 11.4 Å². The second-order valence-electron chi connectivity index (χ2n) is 12.3. The molecular weight excluding hydrogens is 561 g/mol. The van der Waals surface area contributed by atoms with Crippen molar-refractivity contribution in [1.29, 1.82) is 0 Å². The molecule has 4 aliphatic rings. The van der Waals surface area contributed by atoms with Crippen LogP contribution in [0.5, 0.6) is 0 Å². The van der Waals surface area contributed by atoms with Crippen LogP contribution in [0.1, 0.15) is 66.3 Å². The van der Waals surface area contributed by atoms with Gasteiger partial charge < -0.3 is 10.2 Å². The zero-order chi connectivity index (χ0) is 28.8. The highest BCUT2D eigenvalue weighted by atomic mass is 35.5. The molecule has 0 radical (unpaired) electrons. The molecule has 1 spiro atoms. The Morgan fingerprint density at radius 3 is 2.56 bits per heavy atom. The van der Waals surface area contributed by atoms with Crippen molar-refractivity contribution in [2.75, 3.05) is 24.3 Å². The van der Waals surface area contributed by atoms with Gasteiger partial charge in [-0.15, -0.1) is 0 Å². The van der Waals surface area contributed by atoms with Gasteiger partial charge in [0.2, 0.25) is 5.91 Å². The summed E-state index contributed by atoms with van der Waals surface area (Å²) in [5, 5.41) is 8.96. The molecule has 1 N–H and O–H groups in total. The highest BCUT2D eigenvalue weighted by Crippen LogP contribution is 2.59. The van der Waals surface area contributed by atoms with Crippen LogP contribution in [-0.4, -0.2) is 46.5 Å². The van der Waals surface area contributed by atoms with Gasteiger partial charge in [-0.25, -0.2) is 0 Å². The molecule has 41 heavy (non-hydrogen) atoms. The average molecular weight is 593 g/mol. The summed E-state index contributed by atoms with van der Waals surface area (Å²) in [5.41, 5.74) is 1.86. The van der Waals surface area contributed by atoms with Crippen molar-refractivity contribution >= 4 is 52.3 Å². The van der Waals surface area contributed by atoms with Gasteiger partial charge in [-0.05, 0) is 61.9 Å². The number of nitrogens with zero attached hydrogens (tertiary/aromatic N) is 4. The number of hydrogen-bond donors (Lipinski definition) is 1. The minimum absolute atomic E-state index is 0.0887. The fourth-order valence-electron chi connectivity index (χ4n) is 7.30. The predicted molar refractivity (Wildman–Crippen MR) is 157 cm³/mol. The number of aromatic nitrogens is 2. The Hall–Kier alpha value is -3.36. The quantitative estimate of drug-likeness (QED) is 0.418. The van der Waals surface area contributed by atoms with Gasteiger partial charge in [0.1, 0.15) is 0 Å². The molecule has 212 valence electrons. The van der Waals surface area contributed by atoms with Crippen molar-refractivity contribution in [1.82, 2.24) is 14.7 Å². The first kappa shape index (κ1) is 26.5. The number of carbonyl (C=O) groups excluding carboxylic acids is 3. The summed E-state index contributed by atoms with van der Waals surface area (Å²) in [6.07, 6.45) is 4.58. The Balaban J connectivity index is 1.46. The molecular formula is C31H31Cl2N5O3. The second-order valence-corrected chi connectivity index (χ2v) is 13.2. The summed E-state index contributed by atoms with van der Waals surface area (Å²) in [7, 11) is 3.60. The fraction of sp³-hybridized carbons (Fsp3) is 0.419. The topological polar surface area (TPSA) is 87.5 Å². The van der Waals surface area contributed by atoms with Crippen LogP contribution in [0.25, 0.3) is 0 Å². The number of rotatable bonds is 5. The lowest BCUT2D eigenvalue weighted by Crippen LogP contribution is -2.51. The number of benzene rings is 2. The second kappa shape index (κ2) is 9.07. The molecule has 3 unspecified atom stereocenters. The van der Waals surface area contributed by atoms with E-state index in [2.05, 4.69) is 12.2 Å². The van der Waals surface area contributed by atoms with E-state index in [-0.39, 0.29) is 40.7 Å². The van der Waals surface area contributed by atoms with Crippen molar-refractivity contribution in [3.63, 3.8) is 0 Å². The maximum atomic E-state index is 14.4. The van der Waals surface area contributed by atoms with E-state index >= 15 is 0 Å². The van der Waals surface area contributed by atoms with E-state index < -0.39 is 5.54 Å². The van der Waals surface area contributed by atoms with Crippen molar-refractivity contribution in [2.24, 2.45) is 11.8 Å². The van der Waals surface area contributed by atoms with Gasteiger partial charge in [-0.2, -0.15) is 5.10 Å².